The Labute approximate surface area is 206 Å². The highest BCUT2D eigenvalue weighted by Crippen LogP contribution is 2.27. The molecule has 0 saturated carbocycles. The molecule has 0 aliphatic carbocycles. The van der Waals surface area contributed by atoms with Crippen molar-refractivity contribution < 1.29 is 14.0 Å². The second kappa shape index (κ2) is 10.6. The van der Waals surface area contributed by atoms with Crippen LogP contribution in [0.3, 0.4) is 0 Å². The third-order valence-electron chi connectivity index (χ3n) is 5.32. The molecular formula is C25H23ClN4O3S. The van der Waals surface area contributed by atoms with Gasteiger partial charge in [-0.3, -0.25) is 14.2 Å². The number of imidazole rings is 1. The van der Waals surface area contributed by atoms with Gasteiger partial charge in [0.2, 0.25) is 5.91 Å². The Hall–Kier alpha value is -3.49. The molecule has 0 unspecified atom stereocenters. The van der Waals surface area contributed by atoms with Gasteiger partial charge < -0.3 is 14.6 Å². The van der Waals surface area contributed by atoms with Crippen molar-refractivity contribution in [2.24, 2.45) is 0 Å². The number of amides is 2. The minimum atomic E-state index is -0.286. The minimum absolute atomic E-state index is 0.148. The highest BCUT2D eigenvalue weighted by atomic mass is 35.5. The molecule has 2 amide bonds. The zero-order chi connectivity index (χ0) is 24.1. The van der Waals surface area contributed by atoms with Crippen LogP contribution in [-0.4, -0.2) is 34.2 Å². The van der Waals surface area contributed by atoms with Gasteiger partial charge in [-0.25, -0.2) is 4.98 Å². The normalized spacial score (nSPS) is 10.8. The SMILES string of the molecule is Cc1c(Cl)cccc1-n1ccnc1SCC(=O)N(C)c1ccccc1C(=O)NCc1ccco1. The zero-order valence-electron chi connectivity index (χ0n) is 18.7. The maximum absolute atomic E-state index is 13.0. The lowest BCUT2D eigenvalue weighted by molar-refractivity contribution is -0.115. The smallest absolute Gasteiger partial charge is 0.253 e. The quantitative estimate of drug-likeness (QED) is 0.344. The summed E-state index contributed by atoms with van der Waals surface area (Å²) in [7, 11) is 1.66. The van der Waals surface area contributed by atoms with E-state index < -0.39 is 0 Å². The van der Waals surface area contributed by atoms with Crippen molar-refractivity contribution in [1.29, 1.82) is 0 Å². The summed E-state index contributed by atoms with van der Waals surface area (Å²) in [6.07, 6.45) is 5.09. The number of halogens is 1. The maximum Gasteiger partial charge on any atom is 0.253 e. The van der Waals surface area contributed by atoms with Crippen molar-refractivity contribution in [1.82, 2.24) is 14.9 Å². The fourth-order valence-corrected chi connectivity index (χ4v) is 4.48. The number of thioether (sulfide) groups is 1. The van der Waals surface area contributed by atoms with Gasteiger partial charge in [0.05, 0.1) is 35.5 Å². The minimum Gasteiger partial charge on any atom is -0.467 e. The van der Waals surface area contributed by atoms with Gasteiger partial charge in [0.15, 0.2) is 5.16 Å². The van der Waals surface area contributed by atoms with Crippen LogP contribution >= 0.6 is 23.4 Å². The lowest BCUT2D eigenvalue weighted by Crippen LogP contribution is -2.31. The average molecular weight is 495 g/mol. The number of hydrogen-bond donors (Lipinski definition) is 1. The Bertz CT molecular complexity index is 1300. The lowest BCUT2D eigenvalue weighted by Gasteiger charge is -2.20. The summed E-state index contributed by atoms with van der Waals surface area (Å²) in [5, 5.41) is 4.17. The average Bonchev–Trinajstić information content (AvgIpc) is 3.54. The van der Waals surface area contributed by atoms with E-state index in [9.17, 15) is 9.59 Å². The van der Waals surface area contributed by atoms with E-state index in [2.05, 4.69) is 10.3 Å². The molecule has 4 aromatic rings. The number of rotatable bonds is 8. The predicted molar refractivity (Wildman–Crippen MR) is 134 cm³/mol. The Kier molecular flexibility index (Phi) is 7.40. The second-order valence-electron chi connectivity index (χ2n) is 7.48. The number of para-hydroxylation sites is 1. The molecule has 2 heterocycles. The van der Waals surface area contributed by atoms with Gasteiger partial charge in [-0.1, -0.05) is 41.6 Å². The number of nitrogens with zero attached hydrogens (tertiary/aromatic N) is 3. The van der Waals surface area contributed by atoms with E-state index in [1.165, 1.54) is 16.7 Å². The van der Waals surface area contributed by atoms with Crippen molar-refractivity contribution in [2.45, 2.75) is 18.6 Å². The molecule has 0 atom stereocenters. The number of carbonyl (C=O) groups is 2. The fraction of sp³-hybridized carbons (Fsp3) is 0.160. The molecule has 2 aromatic carbocycles. The van der Waals surface area contributed by atoms with Gasteiger partial charge in [0, 0.05) is 24.5 Å². The third kappa shape index (κ3) is 5.18. The van der Waals surface area contributed by atoms with Crippen molar-refractivity contribution in [3.05, 3.63) is 95.2 Å². The molecule has 0 radical (unpaired) electrons. The van der Waals surface area contributed by atoms with Crippen LogP contribution < -0.4 is 10.2 Å². The zero-order valence-corrected chi connectivity index (χ0v) is 20.3. The van der Waals surface area contributed by atoms with Crippen molar-refractivity contribution in [2.75, 3.05) is 17.7 Å². The van der Waals surface area contributed by atoms with Crippen LogP contribution in [0.4, 0.5) is 5.69 Å². The number of nitrogens with one attached hydrogen (secondary N) is 1. The van der Waals surface area contributed by atoms with Gasteiger partial charge in [-0.05, 0) is 48.9 Å². The first kappa shape index (κ1) is 23.7. The van der Waals surface area contributed by atoms with Crippen LogP contribution in [0, 0.1) is 6.92 Å². The fourth-order valence-electron chi connectivity index (χ4n) is 3.43. The molecule has 0 spiro atoms. The third-order valence-corrected chi connectivity index (χ3v) is 6.68. The van der Waals surface area contributed by atoms with E-state index in [1.807, 2.05) is 35.9 Å². The lowest BCUT2D eigenvalue weighted by atomic mass is 10.1. The van der Waals surface area contributed by atoms with Gasteiger partial charge in [-0.2, -0.15) is 0 Å². The number of benzene rings is 2. The van der Waals surface area contributed by atoms with E-state index in [-0.39, 0.29) is 24.1 Å². The standard InChI is InChI=1S/C25H23ClN4O3S/c1-17-20(26)9-5-11-21(17)30-13-12-27-25(30)34-16-23(31)29(2)22-10-4-3-8-19(22)24(32)28-15-18-7-6-14-33-18/h3-14H,15-16H2,1-2H3,(H,28,32). The number of anilines is 1. The molecule has 0 fully saturated rings. The summed E-state index contributed by atoms with van der Waals surface area (Å²) >= 11 is 7.59. The first-order valence-corrected chi connectivity index (χ1v) is 11.9. The second-order valence-corrected chi connectivity index (χ2v) is 8.83. The van der Waals surface area contributed by atoms with Crippen LogP contribution in [0.25, 0.3) is 5.69 Å². The summed E-state index contributed by atoms with van der Waals surface area (Å²) in [5.41, 5.74) is 2.78. The van der Waals surface area contributed by atoms with Crippen LogP contribution in [0.5, 0.6) is 0 Å². The number of hydrogen-bond acceptors (Lipinski definition) is 5. The van der Waals surface area contributed by atoms with Gasteiger partial charge in [0.1, 0.15) is 5.76 Å². The molecule has 4 rings (SSSR count). The number of furan rings is 1. The van der Waals surface area contributed by atoms with Crippen molar-refractivity contribution >= 4 is 40.9 Å². The molecule has 0 bridgehead atoms. The van der Waals surface area contributed by atoms with E-state index >= 15 is 0 Å². The van der Waals surface area contributed by atoms with E-state index in [4.69, 9.17) is 16.0 Å². The molecule has 0 saturated heterocycles. The summed E-state index contributed by atoms with van der Waals surface area (Å²) in [5.74, 6) is 0.354. The highest BCUT2D eigenvalue weighted by molar-refractivity contribution is 7.99. The number of carbonyl (C=O) groups excluding carboxylic acids is 2. The first-order valence-electron chi connectivity index (χ1n) is 10.5. The molecule has 0 aliphatic rings. The van der Waals surface area contributed by atoms with Crippen LogP contribution in [0.2, 0.25) is 5.02 Å². The molecule has 1 N–H and O–H groups in total. The van der Waals surface area contributed by atoms with Gasteiger partial charge in [-0.15, -0.1) is 0 Å². The topological polar surface area (TPSA) is 80.4 Å². The van der Waals surface area contributed by atoms with Crippen molar-refractivity contribution in [3.63, 3.8) is 0 Å². The maximum atomic E-state index is 13.0. The van der Waals surface area contributed by atoms with Gasteiger partial charge in [0.25, 0.3) is 5.91 Å². The summed E-state index contributed by atoms with van der Waals surface area (Å²) in [6, 6.07) is 16.2. The molecule has 7 nitrogen and oxygen atoms in total. The van der Waals surface area contributed by atoms with Gasteiger partial charge >= 0.3 is 0 Å². The molecule has 34 heavy (non-hydrogen) atoms. The van der Waals surface area contributed by atoms with E-state index in [0.717, 1.165) is 11.3 Å². The first-order chi connectivity index (χ1) is 16.5. The molecular weight excluding hydrogens is 472 g/mol. The molecule has 0 aliphatic heterocycles. The summed E-state index contributed by atoms with van der Waals surface area (Å²) in [4.78, 5) is 31.7. The summed E-state index contributed by atoms with van der Waals surface area (Å²) in [6.45, 7) is 2.21. The predicted octanol–water partition coefficient (Wildman–Crippen LogP) is 5.11. The Morgan fingerprint density at radius 1 is 1.15 bits per heavy atom. The van der Waals surface area contributed by atoms with E-state index in [0.29, 0.717) is 27.2 Å². The summed E-state index contributed by atoms with van der Waals surface area (Å²) < 4.78 is 7.17. The Balaban J connectivity index is 1.45. The molecule has 9 heteroatoms. The van der Waals surface area contributed by atoms with Crippen molar-refractivity contribution in [3.8, 4) is 5.69 Å². The number of aromatic nitrogens is 2. The Morgan fingerprint density at radius 2 is 1.97 bits per heavy atom. The monoisotopic (exact) mass is 494 g/mol. The highest BCUT2D eigenvalue weighted by Gasteiger charge is 2.20. The van der Waals surface area contributed by atoms with Crippen LogP contribution in [0.15, 0.2) is 82.8 Å². The van der Waals surface area contributed by atoms with Crippen LogP contribution in [0.1, 0.15) is 21.7 Å². The molecule has 174 valence electrons. The largest absolute Gasteiger partial charge is 0.467 e. The van der Waals surface area contributed by atoms with E-state index in [1.54, 1.807) is 55.9 Å². The molecule has 2 aromatic heterocycles. The Morgan fingerprint density at radius 3 is 2.76 bits per heavy atom. The van der Waals surface area contributed by atoms with Crippen LogP contribution in [-0.2, 0) is 11.3 Å².